The molecule has 0 aliphatic carbocycles. The average molecular weight is 237 g/mol. The molecule has 1 aromatic heterocycles. The molecule has 0 aliphatic rings. The van der Waals surface area contributed by atoms with E-state index in [9.17, 15) is 0 Å². The molecular formula is C14H27N3. The predicted molar refractivity (Wildman–Crippen MR) is 72.2 cm³/mol. The van der Waals surface area contributed by atoms with Crippen LogP contribution in [0.15, 0.2) is 6.20 Å². The van der Waals surface area contributed by atoms with Crippen LogP contribution in [0.4, 0.5) is 0 Å². The standard InChI is InChI=1S/C14H27N3/c1-7-13(5,8-2)12-11-17(16-15-12)14(6,9-3)10-4/h11H,7-10H2,1-6H3. The van der Waals surface area contributed by atoms with E-state index >= 15 is 0 Å². The van der Waals surface area contributed by atoms with E-state index in [2.05, 4.69) is 62.7 Å². The molecule has 3 heteroatoms. The Hall–Kier alpha value is -0.860. The molecule has 0 unspecified atom stereocenters. The fraction of sp³-hybridized carbons (Fsp3) is 0.857. The third-order valence-electron chi connectivity index (χ3n) is 4.75. The van der Waals surface area contributed by atoms with Crippen LogP contribution in [0.5, 0.6) is 0 Å². The molecule has 0 saturated carbocycles. The van der Waals surface area contributed by atoms with Crippen LogP contribution in [0, 0.1) is 0 Å². The Balaban J connectivity index is 3.07. The van der Waals surface area contributed by atoms with Crippen molar-refractivity contribution in [1.29, 1.82) is 0 Å². The minimum Gasteiger partial charge on any atom is -0.246 e. The highest BCUT2D eigenvalue weighted by molar-refractivity contribution is 5.10. The van der Waals surface area contributed by atoms with E-state index in [-0.39, 0.29) is 11.0 Å². The van der Waals surface area contributed by atoms with Gasteiger partial charge in [0.25, 0.3) is 0 Å². The molecular weight excluding hydrogens is 210 g/mol. The average Bonchev–Trinajstić information content (AvgIpc) is 2.87. The van der Waals surface area contributed by atoms with Crippen LogP contribution in [0.2, 0.25) is 0 Å². The van der Waals surface area contributed by atoms with Gasteiger partial charge in [-0.05, 0) is 32.6 Å². The molecule has 0 aromatic carbocycles. The van der Waals surface area contributed by atoms with Gasteiger partial charge in [-0.2, -0.15) is 0 Å². The number of rotatable bonds is 6. The number of aromatic nitrogens is 3. The van der Waals surface area contributed by atoms with Crippen molar-refractivity contribution in [2.45, 2.75) is 78.2 Å². The van der Waals surface area contributed by atoms with Crippen LogP contribution >= 0.6 is 0 Å². The van der Waals surface area contributed by atoms with Crippen LogP contribution in [0.25, 0.3) is 0 Å². The molecule has 1 rings (SSSR count). The first-order chi connectivity index (χ1) is 7.95. The van der Waals surface area contributed by atoms with Gasteiger partial charge in [-0.25, -0.2) is 4.68 Å². The van der Waals surface area contributed by atoms with Crippen molar-refractivity contribution in [3.05, 3.63) is 11.9 Å². The van der Waals surface area contributed by atoms with Gasteiger partial charge in [0.15, 0.2) is 0 Å². The highest BCUT2D eigenvalue weighted by Gasteiger charge is 2.29. The maximum atomic E-state index is 4.40. The Morgan fingerprint density at radius 1 is 1.00 bits per heavy atom. The second kappa shape index (κ2) is 5.19. The Morgan fingerprint density at radius 2 is 1.53 bits per heavy atom. The molecule has 0 spiro atoms. The molecule has 17 heavy (non-hydrogen) atoms. The molecule has 0 atom stereocenters. The molecule has 0 aliphatic heterocycles. The zero-order chi connectivity index (χ0) is 13.1. The van der Waals surface area contributed by atoms with Crippen LogP contribution in [-0.2, 0) is 11.0 Å². The topological polar surface area (TPSA) is 30.7 Å². The van der Waals surface area contributed by atoms with Gasteiger partial charge in [-0.3, -0.25) is 0 Å². The van der Waals surface area contributed by atoms with Crippen molar-refractivity contribution in [3.8, 4) is 0 Å². The normalized spacial score (nSPS) is 13.1. The molecule has 0 fully saturated rings. The van der Waals surface area contributed by atoms with Crippen molar-refractivity contribution < 1.29 is 0 Å². The molecule has 3 nitrogen and oxygen atoms in total. The summed E-state index contributed by atoms with van der Waals surface area (Å²) in [5.41, 5.74) is 1.41. The van der Waals surface area contributed by atoms with Crippen molar-refractivity contribution >= 4 is 0 Å². The fourth-order valence-electron chi connectivity index (χ4n) is 1.99. The van der Waals surface area contributed by atoms with Gasteiger partial charge < -0.3 is 0 Å². The summed E-state index contributed by atoms with van der Waals surface area (Å²) >= 11 is 0. The molecule has 98 valence electrons. The Morgan fingerprint density at radius 3 is 1.94 bits per heavy atom. The molecule has 0 radical (unpaired) electrons. The van der Waals surface area contributed by atoms with Gasteiger partial charge in [0.1, 0.15) is 0 Å². The summed E-state index contributed by atoms with van der Waals surface area (Å²) in [5.74, 6) is 0. The number of nitrogens with zero attached hydrogens (tertiary/aromatic N) is 3. The van der Waals surface area contributed by atoms with Crippen LogP contribution in [0.1, 0.15) is 72.9 Å². The smallest absolute Gasteiger partial charge is 0.0886 e. The zero-order valence-electron chi connectivity index (χ0n) is 12.2. The second-order valence-corrected chi connectivity index (χ2v) is 5.52. The van der Waals surface area contributed by atoms with Crippen molar-refractivity contribution in [3.63, 3.8) is 0 Å². The third kappa shape index (κ3) is 2.53. The van der Waals surface area contributed by atoms with Gasteiger partial charge in [0.2, 0.25) is 0 Å². The number of hydrogen-bond acceptors (Lipinski definition) is 2. The summed E-state index contributed by atoms with van der Waals surface area (Å²) in [6, 6.07) is 0. The van der Waals surface area contributed by atoms with E-state index in [0.29, 0.717) is 0 Å². The highest BCUT2D eigenvalue weighted by Crippen LogP contribution is 2.31. The van der Waals surface area contributed by atoms with E-state index in [1.165, 1.54) is 0 Å². The van der Waals surface area contributed by atoms with E-state index in [4.69, 9.17) is 0 Å². The molecule has 0 N–H and O–H groups in total. The van der Waals surface area contributed by atoms with Gasteiger partial charge >= 0.3 is 0 Å². The maximum absolute atomic E-state index is 4.40. The fourth-order valence-corrected chi connectivity index (χ4v) is 1.99. The Kier molecular flexibility index (Phi) is 4.34. The minimum atomic E-state index is 0.105. The summed E-state index contributed by atoms with van der Waals surface area (Å²) in [5, 5.41) is 8.76. The van der Waals surface area contributed by atoms with Crippen molar-refractivity contribution in [2.75, 3.05) is 0 Å². The van der Waals surface area contributed by atoms with E-state index < -0.39 is 0 Å². The Labute approximate surface area is 106 Å². The maximum Gasteiger partial charge on any atom is 0.0886 e. The largest absolute Gasteiger partial charge is 0.246 e. The van der Waals surface area contributed by atoms with Gasteiger partial charge in [0, 0.05) is 11.6 Å². The van der Waals surface area contributed by atoms with E-state index in [1.54, 1.807) is 0 Å². The summed E-state index contributed by atoms with van der Waals surface area (Å²) in [6.07, 6.45) is 6.54. The van der Waals surface area contributed by atoms with Crippen LogP contribution in [-0.4, -0.2) is 15.0 Å². The van der Waals surface area contributed by atoms with Gasteiger partial charge in [-0.15, -0.1) is 5.10 Å². The summed E-state index contributed by atoms with van der Waals surface area (Å²) in [7, 11) is 0. The van der Waals surface area contributed by atoms with Gasteiger partial charge in [-0.1, -0.05) is 39.8 Å². The summed E-state index contributed by atoms with van der Waals surface area (Å²) < 4.78 is 2.06. The molecule has 0 bridgehead atoms. The summed E-state index contributed by atoms with van der Waals surface area (Å²) in [6.45, 7) is 13.4. The first kappa shape index (κ1) is 14.2. The number of hydrogen-bond donors (Lipinski definition) is 0. The third-order valence-corrected chi connectivity index (χ3v) is 4.75. The zero-order valence-corrected chi connectivity index (χ0v) is 12.2. The highest BCUT2D eigenvalue weighted by atomic mass is 15.4. The first-order valence-corrected chi connectivity index (χ1v) is 6.89. The van der Waals surface area contributed by atoms with Crippen molar-refractivity contribution in [1.82, 2.24) is 15.0 Å². The molecule has 1 heterocycles. The summed E-state index contributed by atoms with van der Waals surface area (Å²) in [4.78, 5) is 0. The lowest BCUT2D eigenvalue weighted by atomic mass is 9.82. The van der Waals surface area contributed by atoms with Crippen LogP contribution in [0.3, 0.4) is 0 Å². The predicted octanol–water partition coefficient (Wildman–Crippen LogP) is 3.89. The molecule has 1 aromatic rings. The lowest BCUT2D eigenvalue weighted by Crippen LogP contribution is -2.29. The lowest BCUT2D eigenvalue weighted by Gasteiger charge is -2.27. The first-order valence-electron chi connectivity index (χ1n) is 6.89. The quantitative estimate of drug-likeness (QED) is 0.751. The van der Waals surface area contributed by atoms with E-state index in [0.717, 1.165) is 31.4 Å². The van der Waals surface area contributed by atoms with E-state index in [1.807, 2.05) is 0 Å². The van der Waals surface area contributed by atoms with Crippen LogP contribution < -0.4 is 0 Å². The van der Waals surface area contributed by atoms with Crippen molar-refractivity contribution in [2.24, 2.45) is 0 Å². The second-order valence-electron chi connectivity index (χ2n) is 5.52. The molecule has 0 saturated heterocycles. The SMILES string of the molecule is CCC(C)(CC)c1cn(C(C)(CC)CC)nn1. The molecule has 0 amide bonds. The van der Waals surface area contributed by atoms with Gasteiger partial charge in [0.05, 0.1) is 11.2 Å². The lowest BCUT2D eigenvalue weighted by molar-refractivity contribution is 0.259. The minimum absolute atomic E-state index is 0.105. The Bertz CT molecular complexity index is 314. The monoisotopic (exact) mass is 237 g/mol.